The summed E-state index contributed by atoms with van der Waals surface area (Å²) in [5, 5.41) is 46.5. The van der Waals surface area contributed by atoms with Gasteiger partial charge in [0, 0.05) is 43.5 Å². The average Bonchev–Trinajstić information content (AvgIpc) is 3.22. The van der Waals surface area contributed by atoms with Gasteiger partial charge < -0.3 is 44.7 Å². The Hall–Kier alpha value is -1.70. The van der Waals surface area contributed by atoms with Gasteiger partial charge in [0.15, 0.2) is 24.5 Å². The molecule has 2 saturated heterocycles. The van der Waals surface area contributed by atoms with Gasteiger partial charge in [0.05, 0.1) is 37.7 Å². The quantitative estimate of drug-likeness (QED) is 0.0163. The van der Waals surface area contributed by atoms with Crippen molar-refractivity contribution in [3.8, 4) is 11.8 Å². The summed E-state index contributed by atoms with van der Waals surface area (Å²) in [6, 6.07) is 0.452. The number of likely N-dealkylation sites (N-methyl/N-ethyl adjacent to an activating group) is 1. The summed E-state index contributed by atoms with van der Waals surface area (Å²) in [4.78, 5) is 24.5. The van der Waals surface area contributed by atoms with E-state index < -0.39 is 36.5 Å². The number of amides is 1. The average molecular weight is 874 g/mol. The molecule has 0 saturated carbocycles. The lowest BCUT2D eigenvalue weighted by molar-refractivity contribution is -0.224. The summed E-state index contributed by atoms with van der Waals surface area (Å²) in [5.74, 6) is 6.28. The number of hydrogen-bond donors (Lipinski definition) is 7. The number of carbonyl (C=O) groups is 2. The Kier molecular flexibility index (Phi) is 41.6. The smallest absolute Gasteiger partial charge is 0.411 e. The molecule has 14 nitrogen and oxygen atoms in total. The summed E-state index contributed by atoms with van der Waals surface area (Å²) in [5.41, 5.74) is 0.656. The van der Waals surface area contributed by atoms with Crippen molar-refractivity contribution in [2.75, 3.05) is 46.4 Å². The summed E-state index contributed by atoms with van der Waals surface area (Å²) < 4.78 is 32.1. The largest absolute Gasteiger partial charge is 0.453 e. The van der Waals surface area contributed by atoms with Gasteiger partial charge in [-0.05, 0) is 79.2 Å². The molecule has 2 aliphatic rings. The maximum Gasteiger partial charge on any atom is 0.411 e. The van der Waals surface area contributed by atoms with Crippen LogP contribution in [0.4, 0.5) is 9.32 Å². The number of halogens is 1. The number of methoxy groups -OCH3 is 1. The minimum atomic E-state index is -1.65. The molecular weight excluding hydrogens is 802 g/mol. The normalized spacial score (nSPS) is 22.3. The van der Waals surface area contributed by atoms with Crippen molar-refractivity contribution in [1.29, 1.82) is 0 Å². The summed E-state index contributed by atoms with van der Waals surface area (Å²) in [7, 11) is 8.26. The zero-order valence-electron chi connectivity index (χ0n) is 35.8. The number of aldehydes is 1. The number of ether oxygens (including phenoxy) is 4. The van der Waals surface area contributed by atoms with Crippen LogP contribution in [0.15, 0.2) is 35.1 Å². The van der Waals surface area contributed by atoms with Crippen molar-refractivity contribution in [2.24, 2.45) is 0 Å². The maximum absolute atomic E-state index is 12.3. The lowest BCUT2D eigenvalue weighted by Crippen LogP contribution is -2.41. The van der Waals surface area contributed by atoms with Crippen LogP contribution < -0.4 is 16.1 Å². The first-order valence-electron chi connectivity index (χ1n) is 19.2. The molecule has 0 spiro atoms. The van der Waals surface area contributed by atoms with Gasteiger partial charge in [0.25, 0.3) is 0 Å². The number of allylic oxidation sites excluding steroid dienone is 3. The van der Waals surface area contributed by atoms with E-state index in [1.54, 1.807) is 56.0 Å². The highest BCUT2D eigenvalue weighted by molar-refractivity contribution is 9.09. The molecule has 1 amide bonds. The number of aliphatic hydroxyl groups is 4. The third-order valence-corrected chi connectivity index (χ3v) is 11.6. The van der Waals surface area contributed by atoms with Crippen molar-refractivity contribution >= 4 is 43.8 Å². The lowest BCUT2D eigenvalue weighted by Gasteiger charge is -2.36. The second-order valence-electron chi connectivity index (χ2n) is 12.1. The molecule has 57 heavy (non-hydrogen) atoms. The number of nitrogens with one attached hydrogen (secondary N) is 3. The minimum Gasteiger partial charge on any atom is -0.453 e. The first-order valence-corrected chi connectivity index (χ1v) is 23.3. The third kappa shape index (κ3) is 28.4. The van der Waals surface area contributed by atoms with Crippen LogP contribution in [0.2, 0.25) is 0 Å². The van der Waals surface area contributed by atoms with E-state index in [2.05, 4.69) is 48.3 Å². The van der Waals surface area contributed by atoms with Gasteiger partial charge in [0.1, 0.15) is 0 Å². The Bertz CT molecular complexity index is 1150. The molecule has 0 aromatic carbocycles. The molecule has 7 atom stereocenters. The summed E-state index contributed by atoms with van der Waals surface area (Å²) >= 11 is 0. The van der Waals surface area contributed by atoms with Gasteiger partial charge in [-0.25, -0.2) is 4.79 Å². The van der Waals surface area contributed by atoms with Gasteiger partial charge >= 0.3 is 6.09 Å². The molecule has 2 fully saturated rings. The van der Waals surface area contributed by atoms with Crippen molar-refractivity contribution in [2.45, 2.75) is 142 Å². The van der Waals surface area contributed by atoms with Crippen LogP contribution in [0.5, 0.6) is 0 Å². The molecular formula is C39H72FN3O11S3. The highest BCUT2D eigenvalue weighted by atomic mass is 33.5. The predicted octanol–water partition coefficient (Wildman–Crippen LogP) is 6.31. The first kappa shape index (κ1) is 59.6. The number of unbranched alkanes of at least 4 members (excludes halogenated alkanes) is 1. The molecule has 18 heteroatoms. The molecule has 2 rings (SSSR count). The number of hydroxylamine groups is 1. The molecule has 0 bridgehead atoms. The van der Waals surface area contributed by atoms with E-state index in [0.29, 0.717) is 43.1 Å². The highest BCUT2D eigenvalue weighted by Crippen LogP contribution is 2.37. The zero-order chi connectivity index (χ0) is 44.1. The number of carbonyl (C=O) groups excluding carboxylic acids is 2. The van der Waals surface area contributed by atoms with Crippen LogP contribution in [0.3, 0.4) is 0 Å². The third-order valence-electron chi connectivity index (χ3n) is 7.86. The van der Waals surface area contributed by atoms with Crippen molar-refractivity contribution in [1.82, 2.24) is 16.1 Å². The monoisotopic (exact) mass is 873 g/mol. The number of alkyl carbamates (subject to hydrolysis) is 1. The Morgan fingerprint density at radius 3 is 2.21 bits per heavy atom. The molecule has 6 unspecified atom stereocenters. The summed E-state index contributed by atoms with van der Waals surface area (Å²) in [6.45, 7) is 15.4. The van der Waals surface area contributed by atoms with E-state index in [1.807, 2.05) is 33.1 Å². The molecule has 0 aromatic heterocycles. The summed E-state index contributed by atoms with van der Waals surface area (Å²) in [6.07, 6.45) is 9.76. The molecule has 2 aliphatic heterocycles. The number of aliphatic hydroxyl groups excluding tert-OH is 3. The minimum absolute atomic E-state index is 0.100. The van der Waals surface area contributed by atoms with E-state index in [-0.39, 0.29) is 30.2 Å². The van der Waals surface area contributed by atoms with Crippen LogP contribution >= 0.6 is 31.4 Å². The second-order valence-corrected chi connectivity index (χ2v) is 16.5. The molecule has 334 valence electrons. The van der Waals surface area contributed by atoms with Gasteiger partial charge in [-0.3, -0.25) is 10.1 Å². The van der Waals surface area contributed by atoms with Crippen LogP contribution in [-0.4, -0.2) is 122 Å². The van der Waals surface area contributed by atoms with Crippen LogP contribution in [-0.2, 0) is 28.8 Å². The maximum atomic E-state index is 12.3. The van der Waals surface area contributed by atoms with Crippen molar-refractivity contribution in [3.63, 3.8) is 0 Å². The highest BCUT2D eigenvalue weighted by Gasteiger charge is 2.37. The van der Waals surface area contributed by atoms with E-state index >= 15 is 0 Å². The number of hydrogen-bond acceptors (Lipinski definition) is 16. The standard InChI is InChI=1S/C26H39NO7S3.C7H15NO2.C4H10.CH4FNO.CH4O/c1-7-10-11-13-26(31,9-3)20(12-14-36-37-35-6)24(21(17-28)27-25(30)32-5)22(8-2)34-23-16-19(29)15-18(4)33-23;1-2-8-6-3-4-7(9)10-5-6;2*1-3-4-2;1-2/h7,10,12,17-19,22-23,29,31H,8-9,14-16H2,1-6H3,(H,27,30);6-9H,2-5H2,1H3;3-4H2,1-2H3;3H,1H3;2H,1H3/b10-7-,20-12+,24-21-;;;;/t18?,19?,22?,23-,26?;;;;/m0..../s1. The molecule has 0 aromatic rings. The van der Waals surface area contributed by atoms with Gasteiger partial charge in [-0.1, -0.05) is 98.1 Å². The fraction of sp³-hybridized carbons (Fsp3) is 0.744. The Morgan fingerprint density at radius 2 is 1.77 bits per heavy atom. The molecule has 2 heterocycles. The zero-order valence-corrected chi connectivity index (χ0v) is 38.3. The van der Waals surface area contributed by atoms with Crippen molar-refractivity contribution < 1.29 is 58.5 Å². The fourth-order valence-electron chi connectivity index (χ4n) is 5.00. The molecule has 0 radical (unpaired) electrons. The topological polar surface area (TPSA) is 197 Å². The second kappa shape index (κ2) is 39.7. The van der Waals surface area contributed by atoms with E-state index in [4.69, 9.17) is 29.2 Å². The number of rotatable bonds is 17. The SMILES string of the molecule is C/C=C\C#CC(O)(CC)C(=C/CSSSC)/C(=C(\C=O)NC(=O)OC)C(CC)O[C@H]1CC(O)CC(C)O1.CCCC.CCNC1CCC(O)OC1.CNOF.CO. The lowest BCUT2D eigenvalue weighted by atomic mass is 9.82. The van der Waals surface area contributed by atoms with Gasteiger partial charge in [0.2, 0.25) is 0 Å². The predicted molar refractivity (Wildman–Crippen MR) is 231 cm³/mol. The molecule has 0 aliphatic carbocycles. The molecule has 7 N–H and O–H groups in total. The van der Waals surface area contributed by atoms with E-state index in [1.165, 1.54) is 27.0 Å². The van der Waals surface area contributed by atoms with E-state index in [9.17, 15) is 24.3 Å². The first-order chi connectivity index (χ1) is 27.3. The fourth-order valence-corrected chi connectivity index (χ4v) is 7.41. The van der Waals surface area contributed by atoms with Crippen LogP contribution in [0, 0.1) is 11.8 Å². The van der Waals surface area contributed by atoms with Crippen LogP contribution in [0.25, 0.3) is 0 Å². The Labute approximate surface area is 352 Å². The van der Waals surface area contributed by atoms with Gasteiger partial charge in [-0.2, -0.15) is 5.48 Å². The van der Waals surface area contributed by atoms with Crippen molar-refractivity contribution in [3.05, 3.63) is 35.1 Å². The van der Waals surface area contributed by atoms with E-state index in [0.717, 1.165) is 26.5 Å². The van der Waals surface area contributed by atoms with Gasteiger partial charge in [-0.15, -0.1) is 0 Å². The Morgan fingerprint density at radius 1 is 1.12 bits per heavy atom. The van der Waals surface area contributed by atoms with Crippen LogP contribution in [0.1, 0.15) is 99.8 Å². The Balaban J connectivity index is -0.00000118.